The molecule has 4 unspecified atom stereocenters. The van der Waals surface area contributed by atoms with E-state index in [-0.39, 0.29) is 0 Å². The van der Waals surface area contributed by atoms with E-state index >= 15 is 0 Å². The minimum Gasteiger partial charge on any atom is -0.211 e. The number of hydrogen-bond donors (Lipinski definition) is 0. The first-order chi connectivity index (χ1) is 15.4. The van der Waals surface area contributed by atoms with Crippen molar-refractivity contribution in [2.75, 3.05) is 13.1 Å². The highest BCUT2D eigenvalue weighted by molar-refractivity contribution is 5.32. The van der Waals surface area contributed by atoms with Crippen molar-refractivity contribution in [3.63, 3.8) is 0 Å². The zero-order valence-corrected chi connectivity index (χ0v) is 19.6. The Kier molecular flexibility index (Phi) is 14.2. The molecule has 174 valence electrons. The molecule has 0 spiro atoms. The van der Waals surface area contributed by atoms with Crippen molar-refractivity contribution in [3.05, 3.63) is 12.2 Å². The molecule has 0 heterocycles. The highest BCUT2D eigenvalue weighted by Gasteiger charge is 2.34. The lowest BCUT2D eigenvalue weighted by Gasteiger charge is -2.41. The van der Waals surface area contributed by atoms with E-state index < -0.39 is 0 Å². The van der Waals surface area contributed by atoms with Crippen LogP contribution in [0.1, 0.15) is 109 Å². The number of isocyanates is 2. The Balaban J connectivity index is 2.06. The molecule has 1 fully saturated rings. The van der Waals surface area contributed by atoms with Gasteiger partial charge in [-0.25, -0.2) is 19.6 Å². The number of allylic oxidation sites excluding steroid dienone is 2. The van der Waals surface area contributed by atoms with Crippen LogP contribution in [0.25, 0.3) is 0 Å². The van der Waals surface area contributed by atoms with E-state index in [1.807, 2.05) is 0 Å². The third-order valence-electron chi connectivity index (χ3n) is 7.57. The topological polar surface area (TPSA) is 58.9 Å². The predicted octanol–water partition coefficient (Wildman–Crippen LogP) is 7.34. The van der Waals surface area contributed by atoms with Crippen LogP contribution < -0.4 is 0 Å². The van der Waals surface area contributed by atoms with Gasteiger partial charge in [-0.3, -0.25) is 0 Å². The minimum absolute atomic E-state index is 0.620. The van der Waals surface area contributed by atoms with Gasteiger partial charge in [0.25, 0.3) is 0 Å². The lowest BCUT2D eigenvalue weighted by Crippen LogP contribution is -2.32. The number of hydrogen-bond acceptors (Lipinski definition) is 4. The van der Waals surface area contributed by atoms with E-state index in [2.05, 4.69) is 22.1 Å². The fourth-order valence-corrected chi connectivity index (χ4v) is 5.91. The third kappa shape index (κ3) is 10.6. The average Bonchev–Trinajstić information content (AvgIpc) is 2.79. The number of aliphatic imine (C=N–C) groups is 2. The molecule has 4 atom stereocenters. The molecular formula is C27H44N2O2. The summed E-state index contributed by atoms with van der Waals surface area (Å²) in [7, 11) is 0. The maximum atomic E-state index is 10.4. The molecule has 2 bridgehead atoms. The quantitative estimate of drug-likeness (QED) is 0.158. The standard InChI is InChI=1S/C27H44N2O2/c30-22-28-20-12-10-16-26-24-14-8-6-4-2-1-3-5-7-9-15-25(19-18-24)27(26)17-11-13-21-29-23-31/h18-19,24-27H,1-17,20-21H2. The van der Waals surface area contributed by atoms with Crippen LogP contribution in [0.3, 0.4) is 0 Å². The molecule has 0 aromatic heterocycles. The average molecular weight is 429 g/mol. The number of carbonyl (C=O) groups excluding carboxylic acids is 2. The second-order valence-corrected chi connectivity index (χ2v) is 9.74. The Morgan fingerprint density at radius 1 is 0.581 bits per heavy atom. The fraction of sp³-hybridized carbons (Fsp3) is 0.852. The maximum absolute atomic E-state index is 10.4. The van der Waals surface area contributed by atoms with Crippen LogP contribution >= 0.6 is 0 Å². The molecule has 3 rings (SSSR count). The molecular weight excluding hydrogens is 384 g/mol. The van der Waals surface area contributed by atoms with E-state index in [1.165, 1.54) is 83.5 Å². The summed E-state index contributed by atoms with van der Waals surface area (Å²) in [5.74, 6) is 2.90. The van der Waals surface area contributed by atoms with Crippen LogP contribution in [0.2, 0.25) is 0 Å². The largest absolute Gasteiger partial charge is 0.234 e. The Hall–Kier alpha value is -1.50. The lowest BCUT2D eigenvalue weighted by molar-refractivity contribution is 0.146. The zero-order chi connectivity index (χ0) is 22.0. The van der Waals surface area contributed by atoms with Gasteiger partial charge >= 0.3 is 0 Å². The third-order valence-corrected chi connectivity index (χ3v) is 7.57. The van der Waals surface area contributed by atoms with Gasteiger partial charge in [-0.05, 0) is 62.2 Å². The van der Waals surface area contributed by atoms with Crippen molar-refractivity contribution in [1.29, 1.82) is 0 Å². The molecule has 3 aliphatic carbocycles. The molecule has 31 heavy (non-hydrogen) atoms. The molecule has 0 radical (unpaired) electrons. The first-order valence-electron chi connectivity index (χ1n) is 13.1. The normalized spacial score (nSPS) is 27.5. The van der Waals surface area contributed by atoms with E-state index in [4.69, 9.17) is 0 Å². The molecule has 0 amide bonds. The van der Waals surface area contributed by atoms with Crippen LogP contribution in [0, 0.1) is 23.7 Å². The summed E-state index contributed by atoms with van der Waals surface area (Å²) in [4.78, 5) is 28.3. The summed E-state index contributed by atoms with van der Waals surface area (Å²) in [5, 5.41) is 0. The summed E-state index contributed by atoms with van der Waals surface area (Å²) in [5.41, 5.74) is 0. The van der Waals surface area contributed by atoms with Gasteiger partial charge in [0.2, 0.25) is 12.2 Å². The van der Waals surface area contributed by atoms with Crippen LogP contribution in [-0.4, -0.2) is 25.2 Å². The van der Waals surface area contributed by atoms with Crippen LogP contribution in [0.5, 0.6) is 0 Å². The van der Waals surface area contributed by atoms with E-state index in [1.54, 1.807) is 12.2 Å². The summed E-state index contributed by atoms with van der Waals surface area (Å²) in [6.45, 7) is 1.24. The second-order valence-electron chi connectivity index (χ2n) is 9.74. The first-order valence-corrected chi connectivity index (χ1v) is 13.1. The molecule has 0 aliphatic heterocycles. The first kappa shape index (κ1) is 25.8. The highest BCUT2D eigenvalue weighted by atomic mass is 16.1. The van der Waals surface area contributed by atoms with Gasteiger partial charge < -0.3 is 0 Å². The minimum atomic E-state index is 0.620. The Bertz CT molecular complexity index is 540. The van der Waals surface area contributed by atoms with Crippen molar-refractivity contribution >= 4 is 12.2 Å². The van der Waals surface area contributed by atoms with Crippen molar-refractivity contribution < 1.29 is 9.59 Å². The van der Waals surface area contributed by atoms with Crippen molar-refractivity contribution in [2.24, 2.45) is 33.7 Å². The molecule has 0 N–H and O–H groups in total. The van der Waals surface area contributed by atoms with Crippen molar-refractivity contribution in [2.45, 2.75) is 109 Å². The Labute approximate surface area is 190 Å². The molecule has 3 aliphatic rings. The monoisotopic (exact) mass is 428 g/mol. The summed E-state index contributed by atoms with van der Waals surface area (Å²) in [6, 6.07) is 0. The second kappa shape index (κ2) is 17.1. The summed E-state index contributed by atoms with van der Waals surface area (Å²) >= 11 is 0. The number of nitrogens with zero attached hydrogens (tertiary/aromatic N) is 2. The van der Waals surface area contributed by atoms with E-state index in [0.29, 0.717) is 24.9 Å². The lowest BCUT2D eigenvalue weighted by atomic mass is 9.64. The molecule has 0 aromatic rings. The molecule has 0 aromatic carbocycles. The van der Waals surface area contributed by atoms with E-state index in [9.17, 15) is 9.59 Å². The number of unbranched alkanes of at least 4 members (excludes halogenated alkanes) is 2. The fourth-order valence-electron chi connectivity index (χ4n) is 5.91. The van der Waals surface area contributed by atoms with Gasteiger partial charge in [0.15, 0.2) is 0 Å². The van der Waals surface area contributed by atoms with Gasteiger partial charge in [-0.15, -0.1) is 0 Å². The molecule has 1 saturated carbocycles. The zero-order valence-electron chi connectivity index (χ0n) is 19.6. The maximum Gasteiger partial charge on any atom is 0.234 e. The van der Waals surface area contributed by atoms with Crippen molar-refractivity contribution in [1.82, 2.24) is 0 Å². The van der Waals surface area contributed by atoms with Gasteiger partial charge in [-0.2, -0.15) is 0 Å². The molecule has 4 nitrogen and oxygen atoms in total. The van der Waals surface area contributed by atoms with Crippen molar-refractivity contribution in [3.8, 4) is 0 Å². The van der Waals surface area contributed by atoms with Crippen LogP contribution in [-0.2, 0) is 9.59 Å². The molecule has 0 saturated heterocycles. The van der Waals surface area contributed by atoms with Gasteiger partial charge in [0.05, 0.1) is 13.1 Å². The molecule has 4 heteroatoms. The SMILES string of the molecule is O=C=NCCCCC1C2C=CC(CCCCCCCCCCC2)C1CCCCN=C=O. The van der Waals surface area contributed by atoms with Crippen LogP contribution in [0.15, 0.2) is 22.1 Å². The number of rotatable bonds is 10. The highest BCUT2D eigenvalue weighted by Crippen LogP contribution is 2.44. The van der Waals surface area contributed by atoms with E-state index in [0.717, 1.165) is 37.5 Å². The van der Waals surface area contributed by atoms with Crippen LogP contribution in [0.4, 0.5) is 0 Å². The predicted molar refractivity (Wildman–Crippen MR) is 128 cm³/mol. The summed E-state index contributed by atoms with van der Waals surface area (Å²) < 4.78 is 0. The summed E-state index contributed by atoms with van der Waals surface area (Å²) in [6.07, 6.45) is 30.4. The smallest absolute Gasteiger partial charge is 0.211 e. The Morgan fingerprint density at radius 2 is 0.968 bits per heavy atom. The van der Waals surface area contributed by atoms with Gasteiger partial charge in [0, 0.05) is 0 Å². The van der Waals surface area contributed by atoms with Gasteiger partial charge in [-0.1, -0.05) is 82.8 Å². The number of fused-ring (bicyclic) bond motifs is 11. The Morgan fingerprint density at radius 3 is 1.35 bits per heavy atom. The van der Waals surface area contributed by atoms with Gasteiger partial charge in [0.1, 0.15) is 0 Å².